The Kier molecular flexibility index (Phi) is 3.91. The second-order valence-electron chi connectivity index (χ2n) is 5.33. The minimum absolute atomic E-state index is 0.108. The molecule has 0 aliphatic heterocycles. The number of nitrogens with two attached hydrogens (primary N) is 2. The van der Waals surface area contributed by atoms with Gasteiger partial charge >= 0.3 is 0 Å². The van der Waals surface area contributed by atoms with Crippen LogP contribution in [0.1, 0.15) is 27.6 Å². The van der Waals surface area contributed by atoms with Gasteiger partial charge in [0, 0.05) is 23.9 Å². The zero-order valence-electron chi connectivity index (χ0n) is 13.1. The van der Waals surface area contributed by atoms with Crippen molar-refractivity contribution in [2.24, 2.45) is 5.73 Å². The molecule has 2 aromatic heterocycles. The summed E-state index contributed by atoms with van der Waals surface area (Å²) in [5, 5.41) is 6.90. The molecule has 2 heterocycles. The number of amides is 2. The van der Waals surface area contributed by atoms with Crippen LogP contribution in [0.2, 0.25) is 0 Å². The lowest BCUT2D eigenvalue weighted by Gasteiger charge is -2.03. The number of nitrogens with zero attached hydrogens (tertiary/aromatic N) is 2. The quantitative estimate of drug-likeness (QED) is 0.673. The lowest BCUT2D eigenvalue weighted by Crippen LogP contribution is -2.22. The first kappa shape index (κ1) is 15.5. The van der Waals surface area contributed by atoms with E-state index >= 15 is 0 Å². The van der Waals surface area contributed by atoms with Gasteiger partial charge in [-0.1, -0.05) is 12.1 Å². The van der Waals surface area contributed by atoms with E-state index in [0.29, 0.717) is 23.3 Å². The van der Waals surface area contributed by atoms with Gasteiger partial charge in [-0.05, 0) is 30.7 Å². The summed E-state index contributed by atoms with van der Waals surface area (Å²) in [5.41, 5.74) is 14.8. The van der Waals surface area contributed by atoms with Crippen molar-refractivity contribution in [3.63, 3.8) is 0 Å². The first-order chi connectivity index (χ1) is 11.5. The SMILES string of the molecule is CCNC(=O)c1ccc(-c2cc3c(N)c(C(N)=O)cnn3c2)cc1. The molecule has 0 radical (unpaired) electrons. The number of nitrogen functional groups attached to an aromatic ring is 1. The molecule has 2 amide bonds. The number of fused-ring (bicyclic) bond motifs is 1. The highest BCUT2D eigenvalue weighted by Gasteiger charge is 2.13. The first-order valence-electron chi connectivity index (χ1n) is 7.46. The summed E-state index contributed by atoms with van der Waals surface area (Å²) in [5.74, 6) is -0.723. The fraction of sp³-hybridized carbons (Fsp3) is 0.118. The van der Waals surface area contributed by atoms with Crippen LogP contribution in [0.15, 0.2) is 42.7 Å². The number of carbonyl (C=O) groups is 2. The van der Waals surface area contributed by atoms with E-state index in [4.69, 9.17) is 11.5 Å². The van der Waals surface area contributed by atoms with Crippen LogP contribution in [0, 0.1) is 0 Å². The number of primary amides is 1. The van der Waals surface area contributed by atoms with E-state index in [2.05, 4.69) is 10.4 Å². The number of rotatable bonds is 4. The molecule has 0 spiro atoms. The summed E-state index contributed by atoms with van der Waals surface area (Å²) in [6.07, 6.45) is 3.16. The van der Waals surface area contributed by atoms with Gasteiger partial charge in [-0.2, -0.15) is 5.10 Å². The highest BCUT2D eigenvalue weighted by atomic mass is 16.2. The van der Waals surface area contributed by atoms with Crippen molar-refractivity contribution in [3.8, 4) is 11.1 Å². The Balaban J connectivity index is 1.99. The molecule has 24 heavy (non-hydrogen) atoms. The van der Waals surface area contributed by atoms with Gasteiger partial charge in [0.1, 0.15) is 0 Å². The summed E-state index contributed by atoms with van der Waals surface area (Å²) < 4.78 is 1.59. The lowest BCUT2D eigenvalue weighted by molar-refractivity contribution is 0.0954. The Labute approximate surface area is 138 Å². The smallest absolute Gasteiger partial charge is 0.252 e. The molecule has 0 bridgehead atoms. The third-order valence-corrected chi connectivity index (χ3v) is 3.76. The predicted octanol–water partition coefficient (Wildman–Crippen LogP) is 1.43. The van der Waals surface area contributed by atoms with E-state index in [-0.39, 0.29) is 11.5 Å². The first-order valence-corrected chi connectivity index (χ1v) is 7.46. The fourth-order valence-corrected chi connectivity index (χ4v) is 2.51. The summed E-state index contributed by atoms with van der Waals surface area (Å²) >= 11 is 0. The van der Waals surface area contributed by atoms with Crippen LogP contribution in [0.4, 0.5) is 5.69 Å². The Bertz CT molecular complexity index is 928. The van der Waals surface area contributed by atoms with E-state index < -0.39 is 5.91 Å². The molecule has 7 heteroatoms. The third kappa shape index (κ3) is 2.67. The van der Waals surface area contributed by atoms with Crippen LogP contribution in [0.5, 0.6) is 0 Å². The molecule has 5 N–H and O–H groups in total. The van der Waals surface area contributed by atoms with Gasteiger partial charge in [-0.25, -0.2) is 4.52 Å². The molecule has 1 aromatic carbocycles. The van der Waals surface area contributed by atoms with Gasteiger partial charge in [0.25, 0.3) is 11.8 Å². The van der Waals surface area contributed by atoms with Crippen molar-refractivity contribution < 1.29 is 9.59 Å². The number of hydrogen-bond acceptors (Lipinski definition) is 4. The Hall–Kier alpha value is -3.35. The topological polar surface area (TPSA) is 116 Å². The maximum absolute atomic E-state index is 11.8. The van der Waals surface area contributed by atoms with E-state index in [1.165, 1.54) is 6.20 Å². The van der Waals surface area contributed by atoms with Crippen molar-refractivity contribution in [1.82, 2.24) is 14.9 Å². The number of anilines is 1. The molecule has 0 saturated carbocycles. The predicted molar refractivity (Wildman–Crippen MR) is 91.6 cm³/mol. The lowest BCUT2D eigenvalue weighted by atomic mass is 10.1. The van der Waals surface area contributed by atoms with E-state index in [1.807, 2.05) is 25.1 Å². The summed E-state index contributed by atoms with van der Waals surface area (Å²) in [6, 6.07) is 9.05. The van der Waals surface area contributed by atoms with Crippen LogP contribution in [-0.2, 0) is 0 Å². The monoisotopic (exact) mass is 323 g/mol. The van der Waals surface area contributed by atoms with Crippen molar-refractivity contribution in [2.45, 2.75) is 6.92 Å². The fourth-order valence-electron chi connectivity index (χ4n) is 2.51. The van der Waals surface area contributed by atoms with Crippen LogP contribution >= 0.6 is 0 Å². The van der Waals surface area contributed by atoms with Gasteiger partial charge in [-0.3, -0.25) is 9.59 Å². The van der Waals surface area contributed by atoms with Gasteiger partial charge in [0.15, 0.2) is 0 Å². The van der Waals surface area contributed by atoms with Crippen LogP contribution in [0.25, 0.3) is 16.6 Å². The van der Waals surface area contributed by atoms with Crippen molar-refractivity contribution in [1.29, 1.82) is 0 Å². The normalized spacial score (nSPS) is 10.7. The van der Waals surface area contributed by atoms with Crippen molar-refractivity contribution >= 4 is 23.0 Å². The zero-order valence-corrected chi connectivity index (χ0v) is 13.1. The molecular formula is C17H17N5O2. The van der Waals surface area contributed by atoms with E-state index in [0.717, 1.165) is 11.1 Å². The largest absolute Gasteiger partial charge is 0.396 e. The van der Waals surface area contributed by atoms with Crippen LogP contribution in [-0.4, -0.2) is 28.0 Å². The molecule has 0 saturated heterocycles. The Morgan fingerprint density at radius 3 is 2.54 bits per heavy atom. The average molecular weight is 323 g/mol. The molecule has 122 valence electrons. The van der Waals surface area contributed by atoms with Crippen molar-refractivity contribution in [2.75, 3.05) is 12.3 Å². The molecule has 3 aromatic rings. The minimum Gasteiger partial charge on any atom is -0.396 e. The number of carbonyl (C=O) groups excluding carboxylic acids is 2. The van der Waals surface area contributed by atoms with Crippen molar-refractivity contribution in [3.05, 3.63) is 53.9 Å². The molecule has 0 aliphatic rings. The second kappa shape index (κ2) is 6.04. The number of nitrogens with one attached hydrogen (secondary N) is 1. The summed E-state index contributed by atoms with van der Waals surface area (Å²) in [7, 11) is 0. The molecule has 0 unspecified atom stereocenters. The summed E-state index contributed by atoms with van der Waals surface area (Å²) in [4.78, 5) is 23.1. The van der Waals surface area contributed by atoms with Crippen LogP contribution < -0.4 is 16.8 Å². The molecule has 7 nitrogen and oxygen atoms in total. The molecule has 3 rings (SSSR count). The molecule has 0 aliphatic carbocycles. The Morgan fingerprint density at radius 1 is 1.21 bits per heavy atom. The molecule has 0 atom stereocenters. The van der Waals surface area contributed by atoms with E-state index in [1.54, 1.807) is 22.8 Å². The third-order valence-electron chi connectivity index (χ3n) is 3.76. The molecule has 0 fully saturated rings. The molecular weight excluding hydrogens is 306 g/mol. The number of aromatic nitrogens is 2. The maximum atomic E-state index is 11.8. The maximum Gasteiger partial charge on any atom is 0.252 e. The summed E-state index contributed by atoms with van der Waals surface area (Å²) in [6.45, 7) is 2.45. The minimum atomic E-state index is -0.614. The van der Waals surface area contributed by atoms with Crippen LogP contribution in [0.3, 0.4) is 0 Å². The average Bonchev–Trinajstić information content (AvgIpc) is 3.00. The van der Waals surface area contributed by atoms with Gasteiger partial charge in [-0.15, -0.1) is 0 Å². The Morgan fingerprint density at radius 2 is 1.92 bits per heavy atom. The highest BCUT2D eigenvalue weighted by Crippen LogP contribution is 2.26. The second-order valence-corrected chi connectivity index (χ2v) is 5.33. The van der Waals surface area contributed by atoms with E-state index in [9.17, 15) is 9.59 Å². The number of benzene rings is 1. The number of hydrogen-bond donors (Lipinski definition) is 3. The van der Waals surface area contributed by atoms with Gasteiger partial charge in [0.2, 0.25) is 0 Å². The van der Waals surface area contributed by atoms with Gasteiger partial charge in [0.05, 0.1) is 23.0 Å². The van der Waals surface area contributed by atoms with Gasteiger partial charge < -0.3 is 16.8 Å². The highest BCUT2D eigenvalue weighted by molar-refractivity contribution is 6.01. The standard InChI is InChI=1S/C17H17N5O2/c1-2-20-17(24)11-5-3-10(4-6-11)12-7-14-15(18)13(16(19)23)8-21-22(14)9-12/h3-9H,2,18H2,1H3,(H2,19,23)(H,20,24). The zero-order chi connectivity index (χ0) is 17.3.